The summed E-state index contributed by atoms with van der Waals surface area (Å²) in [5, 5.41) is 0. The lowest BCUT2D eigenvalue weighted by Crippen LogP contribution is -2.44. The van der Waals surface area contributed by atoms with Crippen LogP contribution in [0.5, 0.6) is 0 Å². The summed E-state index contributed by atoms with van der Waals surface area (Å²) in [4.78, 5) is 25.0. The summed E-state index contributed by atoms with van der Waals surface area (Å²) in [5.41, 5.74) is 0.373. The minimum atomic E-state index is -0.260. The number of Topliss-reactive ketones (excluding diaryl/α,β-unsaturated/α-hetero) is 1. The summed E-state index contributed by atoms with van der Waals surface area (Å²) in [6, 6.07) is 0. The Labute approximate surface area is 146 Å². The van der Waals surface area contributed by atoms with Crippen molar-refractivity contribution in [3.63, 3.8) is 0 Å². The quantitative estimate of drug-likeness (QED) is 0.563. The van der Waals surface area contributed by atoms with Crippen LogP contribution in [0, 0.1) is 17.3 Å². The molecule has 0 amide bonds. The average molecular weight is 336 g/mol. The van der Waals surface area contributed by atoms with Gasteiger partial charge in [-0.3, -0.25) is 9.59 Å². The second-order valence-electron chi connectivity index (χ2n) is 8.48. The van der Waals surface area contributed by atoms with E-state index in [4.69, 9.17) is 9.47 Å². The van der Waals surface area contributed by atoms with Gasteiger partial charge in [-0.1, -0.05) is 13.0 Å². The highest BCUT2D eigenvalue weighted by molar-refractivity contribution is 5.96. The first-order valence-corrected chi connectivity index (χ1v) is 9.06. The van der Waals surface area contributed by atoms with E-state index < -0.39 is 0 Å². The van der Waals surface area contributed by atoms with Gasteiger partial charge in [0, 0.05) is 6.42 Å². The largest absolute Gasteiger partial charge is 0.469 e. The van der Waals surface area contributed by atoms with Crippen molar-refractivity contribution < 1.29 is 19.1 Å². The van der Waals surface area contributed by atoms with Crippen LogP contribution in [0.25, 0.3) is 0 Å². The Kier molecular flexibility index (Phi) is 5.58. The first kappa shape index (κ1) is 19.2. The summed E-state index contributed by atoms with van der Waals surface area (Å²) in [5.74, 6) is -0.103. The van der Waals surface area contributed by atoms with Crippen molar-refractivity contribution in [3.8, 4) is 0 Å². The lowest BCUT2D eigenvalue weighted by molar-refractivity contribution is -0.153. The Morgan fingerprint density at radius 1 is 1.29 bits per heavy atom. The van der Waals surface area contributed by atoms with Gasteiger partial charge in [-0.05, 0) is 70.3 Å². The molecule has 0 N–H and O–H groups in total. The van der Waals surface area contributed by atoms with E-state index in [0.717, 1.165) is 24.8 Å². The topological polar surface area (TPSA) is 52.6 Å². The van der Waals surface area contributed by atoms with Crippen molar-refractivity contribution in [1.82, 2.24) is 0 Å². The molecule has 2 saturated carbocycles. The van der Waals surface area contributed by atoms with Crippen LogP contribution in [-0.4, -0.2) is 30.6 Å². The van der Waals surface area contributed by atoms with Gasteiger partial charge in [-0.25, -0.2) is 0 Å². The van der Waals surface area contributed by atoms with Gasteiger partial charge >= 0.3 is 5.97 Å². The van der Waals surface area contributed by atoms with Crippen molar-refractivity contribution in [2.75, 3.05) is 7.11 Å². The first-order chi connectivity index (χ1) is 11.1. The van der Waals surface area contributed by atoms with Gasteiger partial charge in [0.2, 0.25) is 0 Å². The number of methoxy groups -OCH3 is 1. The number of hydrogen-bond acceptors (Lipinski definition) is 4. The maximum atomic E-state index is 12.5. The zero-order valence-corrected chi connectivity index (χ0v) is 16.0. The van der Waals surface area contributed by atoms with Crippen LogP contribution in [-0.2, 0) is 19.1 Å². The molecule has 2 fully saturated rings. The summed E-state index contributed by atoms with van der Waals surface area (Å²) < 4.78 is 11.4. The van der Waals surface area contributed by atoms with E-state index >= 15 is 0 Å². The minimum Gasteiger partial charge on any atom is -0.469 e. The zero-order chi connectivity index (χ0) is 18.1. The van der Waals surface area contributed by atoms with Gasteiger partial charge in [0.25, 0.3) is 0 Å². The molecule has 4 nitrogen and oxygen atoms in total. The second-order valence-corrected chi connectivity index (χ2v) is 8.48. The standard InChI is InChI=1S/C20H32O4/c1-7-13-12-14(18(22)23-6)15-8-9-17(24-19(2,3)4)20(15,5)11-10-16(13)21/h7,14-15,17H,8-12H2,1-6H3/b13-7+/t14-,15+,17+,20+/m0/s1. The highest BCUT2D eigenvalue weighted by Crippen LogP contribution is 2.54. The number of carbonyl (C=O) groups is 2. The predicted molar refractivity (Wildman–Crippen MR) is 93.6 cm³/mol. The van der Waals surface area contributed by atoms with E-state index in [9.17, 15) is 9.59 Å². The zero-order valence-electron chi connectivity index (χ0n) is 16.0. The summed E-state index contributed by atoms with van der Waals surface area (Å²) in [7, 11) is 1.44. The van der Waals surface area contributed by atoms with Crippen molar-refractivity contribution >= 4 is 11.8 Å². The minimum absolute atomic E-state index is 0.0783. The number of hydrogen-bond donors (Lipinski definition) is 0. The molecule has 0 aliphatic heterocycles. The monoisotopic (exact) mass is 336 g/mol. The van der Waals surface area contributed by atoms with E-state index in [0.29, 0.717) is 12.8 Å². The molecule has 24 heavy (non-hydrogen) atoms. The second kappa shape index (κ2) is 6.99. The lowest BCUT2D eigenvalue weighted by Gasteiger charge is -2.43. The Morgan fingerprint density at radius 3 is 2.50 bits per heavy atom. The van der Waals surface area contributed by atoms with E-state index in [1.807, 2.05) is 13.0 Å². The lowest BCUT2D eigenvalue weighted by atomic mass is 9.65. The summed E-state index contributed by atoms with van der Waals surface area (Å²) in [6.45, 7) is 10.3. The van der Waals surface area contributed by atoms with Gasteiger partial charge < -0.3 is 9.47 Å². The van der Waals surface area contributed by atoms with Gasteiger partial charge in [0.1, 0.15) is 0 Å². The molecule has 2 rings (SSSR count). The van der Waals surface area contributed by atoms with Gasteiger partial charge in [0.05, 0.1) is 24.7 Å². The fraction of sp³-hybridized carbons (Fsp3) is 0.800. The maximum absolute atomic E-state index is 12.5. The SMILES string of the molecule is C/C=C1\C[C@H](C(=O)OC)[C@H]2CC[C@@H](OC(C)(C)C)[C@]2(C)CCC1=O. The fourth-order valence-electron chi connectivity index (χ4n) is 4.57. The maximum Gasteiger partial charge on any atom is 0.309 e. The summed E-state index contributed by atoms with van der Waals surface area (Å²) in [6.07, 6.45) is 5.61. The Hall–Kier alpha value is -1.16. The Bertz CT molecular complexity index is 528. The van der Waals surface area contributed by atoms with Crippen LogP contribution in [0.2, 0.25) is 0 Å². The van der Waals surface area contributed by atoms with Crippen LogP contribution in [0.3, 0.4) is 0 Å². The molecular weight excluding hydrogens is 304 g/mol. The van der Waals surface area contributed by atoms with Crippen molar-refractivity contribution in [2.24, 2.45) is 17.3 Å². The third-order valence-corrected chi connectivity index (χ3v) is 5.85. The molecule has 0 saturated heterocycles. The van der Waals surface area contributed by atoms with Crippen molar-refractivity contribution in [2.45, 2.75) is 78.4 Å². The van der Waals surface area contributed by atoms with Crippen LogP contribution < -0.4 is 0 Å². The van der Waals surface area contributed by atoms with E-state index in [-0.39, 0.29) is 40.7 Å². The molecule has 4 atom stereocenters. The molecule has 0 spiro atoms. The number of carbonyl (C=O) groups excluding carboxylic acids is 2. The number of ketones is 1. The molecule has 0 aromatic rings. The molecule has 0 aromatic heterocycles. The van der Waals surface area contributed by atoms with Crippen LogP contribution in [0.4, 0.5) is 0 Å². The number of rotatable bonds is 2. The molecule has 0 bridgehead atoms. The van der Waals surface area contributed by atoms with Crippen molar-refractivity contribution in [1.29, 1.82) is 0 Å². The number of esters is 1. The smallest absolute Gasteiger partial charge is 0.309 e. The number of ether oxygens (including phenoxy) is 2. The summed E-state index contributed by atoms with van der Waals surface area (Å²) >= 11 is 0. The van der Waals surface area contributed by atoms with Gasteiger partial charge in [0.15, 0.2) is 5.78 Å². The molecular formula is C20H32O4. The third-order valence-electron chi connectivity index (χ3n) is 5.85. The Morgan fingerprint density at radius 2 is 1.96 bits per heavy atom. The molecule has 0 radical (unpaired) electrons. The highest BCUT2D eigenvalue weighted by Gasteiger charge is 2.54. The molecule has 2 aliphatic rings. The fourth-order valence-corrected chi connectivity index (χ4v) is 4.57. The number of allylic oxidation sites excluding steroid dienone is 2. The predicted octanol–water partition coefficient (Wildman–Crippen LogP) is 4.07. The molecule has 4 heteroatoms. The molecule has 0 heterocycles. The molecule has 2 aliphatic carbocycles. The van der Waals surface area contributed by atoms with Crippen molar-refractivity contribution in [3.05, 3.63) is 11.6 Å². The average Bonchev–Trinajstić information content (AvgIpc) is 2.79. The normalized spacial score (nSPS) is 36.2. The van der Waals surface area contributed by atoms with Crippen LogP contribution in [0.15, 0.2) is 11.6 Å². The van der Waals surface area contributed by atoms with Gasteiger partial charge in [-0.15, -0.1) is 0 Å². The third kappa shape index (κ3) is 3.74. The highest BCUT2D eigenvalue weighted by atomic mass is 16.5. The number of fused-ring (bicyclic) bond motifs is 1. The van der Waals surface area contributed by atoms with Crippen LogP contribution in [0.1, 0.15) is 66.7 Å². The molecule has 0 unspecified atom stereocenters. The van der Waals surface area contributed by atoms with Crippen LogP contribution >= 0.6 is 0 Å². The van der Waals surface area contributed by atoms with E-state index in [2.05, 4.69) is 27.7 Å². The van der Waals surface area contributed by atoms with Gasteiger partial charge in [-0.2, -0.15) is 0 Å². The molecule has 136 valence electrons. The molecule has 0 aromatic carbocycles. The van der Waals surface area contributed by atoms with E-state index in [1.54, 1.807) is 0 Å². The first-order valence-electron chi connectivity index (χ1n) is 9.06. The Balaban J connectivity index is 2.38. The van der Waals surface area contributed by atoms with E-state index in [1.165, 1.54) is 7.11 Å².